The first-order valence-corrected chi connectivity index (χ1v) is 10.4. The minimum absolute atomic E-state index is 0.0812. The van der Waals surface area contributed by atoms with E-state index in [1.807, 2.05) is 38.1 Å². The van der Waals surface area contributed by atoms with Gasteiger partial charge in [-0.05, 0) is 62.6 Å². The number of amides is 1. The first-order chi connectivity index (χ1) is 12.5. The first kappa shape index (κ1) is 18.5. The van der Waals surface area contributed by atoms with Gasteiger partial charge in [-0.2, -0.15) is 0 Å². The Morgan fingerprint density at radius 1 is 1.04 bits per heavy atom. The van der Waals surface area contributed by atoms with Crippen LogP contribution in [0.4, 0.5) is 5.69 Å². The number of para-hydroxylation sites is 1. The normalized spacial score (nSPS) is 14.0. The van der Waals surface area contributed by atoms with Gasteiger partial charge in [0.2, 0.25) is 0 Å². The second-order valence-corrected chi connectivity index (χ2v) is 8.17. The van der Waals surface area contributed by atoms with Crippen LogP contribution in [-0.4, -0.2) is 38.9 Å². The van der Waals surface area contributed by atoms with Crippen molar-refractivity contribution in [2.45, 2.75) is 31.6 Å². The lowest BCUT2D eigenvalue weighted by Crippen LogP contribution is -2.35. The molecule has 2 aromatic rings. The Morgan fingerprint density at radius 3 is 2.35 bits per heavy atom. The maximum absolute atomic E-state index is 13.1. The van der Waals surface area contributed by atoms with E-state index in [0.717, 1.165) is 24.1 Å². The molecule has 0 aromatic heterocycles. The van der Waals surface area contributed by atoms with Crippen molar-refractivity contribution in [3.8, 4) is 0 Å². The van der Waals surface area contributed by atoms with Gasteiger partial charge < -0.3 is 4.90 Å². The Kier molecular flexibility index (Phi) is 5.32. The summed E-state index contributed by atoms with van der Waals surface area (Å²) < 4.78 is 27.7. The molecule has 3 rings (SSSR count). The van der Waals surface area contributed by atoms with Gasteiger partial charge in [0, 0.05) is 25.2 Å². The number of hydrogen-bond acceptors (Lipinski definition) is 3. The molecular formula is C20H24N2O3S. The summed E-state index contributed by atoms with van der Waals surface area (Å²) in [6.07, 6.45) is 1.69. The van der Waals surface area contributed by atoms with E-state index in [0.29, 0.717) is 25.2 Å². The van der Waals surface area contributed by atoms with Gasteiger partial charge in [0.15, 0.2) is 0 Å². The van der Waals surface area contributed by atoms with Crippen LogP contribution in [0.15, 0.2) is 53.4 Å². The molecule has 1 heterocycles. The SMILES string of the molecule is CCN(CC)C(=O)c1ccc(S(=O)(=O)N2CCCc3ccccc32)cc1. The lowest BCUT2D eigenvalue weighted by atomic mass is 10.0. The number of hydrogen-bond donors (Lipinski definition) is 0. The Balaban J connectivity index is 1.91. The van der Waals surface area contributed by atoms with Crippen molar-refractivity contribution in [1.29, 1.82) is 0 Å². The third-order valence-corrected chi connectivity index (χ3v) is 6.63. The standard InChI is InChI=1S/C20H24N2O3S/c1-3-21(4-2)20(23)17-11-13-18(14-12-17)26(24,25)22-15-7-9-16-8-5-6-10-19(16)22/h5-6,8,10-14H,3-4,7,9,15H2,1-2H3. The number of sulfonamides is 1. The molecule has 0 atom stereocenters. The van der Waals surface area contributed by atoms with Crippen molar-refractivity contribution in [3.05, 3.63) is 59.7 Å². The molecule has 0 saturated carbocycles. The quantitative estimate of drug-likeness (QED) is 0.809. The van der Waals surface area contributed by atoms with Crippen LogP contribution in [0.5, 0.6) is 0 Å². The van der Waals surface area contributed by atoms with Crippen molar-refractivity contribution in [2.75, 3.05) is 23.9 Å². The summed E-state index contributed by atoms with van der Waals surface area (Å²) in [7, 11) is -3.64. The topological polar surface area (TPSA) is 57.7 Å². The number of rotatable bonds is 5. The smallest absolute Gasteiger partial charge is 0.264 e. The third kappa shape index (κ3) is 3.33. The van der Waals surface area contributed by atoms with E-state index in [1.165, 1.54) is 16.4 Å². The van der Waals surface area contributed by atoms with Crippen LogP contribution < -0.4 is 4.31 Å². The van der Waals surface area contributed by atoms with E-state index in [4.69, 9.17) is 0 Å². The van der Waals surface area contributed by atoms with Crippen LogP contribution in [0.25, 0.3) is 0 Å². The monoisotopic (exact) mass is 372 g/mol. The minimum atomic E-state index is -3.64. The predicted octanol–water partition coefficient (Wildman–Crippen LogP) is 3.31. The first-order valence-electron chi connectivity index (χ1n) is 8.99. The highest BCUT2D eigenvalue weighted by molar-refractivity contribution is 7.92. The zero-order chi connectivity index (χ0) is 18.7. The molecule has 0 N–H and O–H groups in total. The molecule has 0 spiro atoms. The number of nitrogens with zero attached hydrogens (tertiary/aromatic N) is 2. The molecule has 5 nitrogen and oxygen atoms in total. The van der Waals surface area contributed by atoms with Crippen molar-refractivity contribution in [2.24, 2.45) is 0 Å². The van der Waals surface area contributed by atoms with E-state index < -0.39 is 10.0 Å². The number of anilines is 1. The Labute approximate surface area is 155 Å². The van der Waals surface area contributed by atoms with Crippen LogP contribution >= 0.6 is 0 Å². The highest BCUT2D eigenvalue weighted by atomic mass is 32.2. The Bertz CT molecular complexity index is 888. The molecule has 1 aliphatic heterocycles. The zero-order valence-electron chi connectivity index (χ0n) is 15.2. The fourth-order valence-corrected chi connectivity index (χ4v) is 4.88. The Hall–Kier alpha value is -2.34. The lowest BCUT2D eigenvalue weighted by Gasteiger charge is -2.30. The van der Waals surface area contributed by atoms with Crippen LogP contribution in [0.1, 0.15) is 36.2 Å². The van der Waals surface area contributed by atoms with E-state index in [9.17, 15) is 13.2 Å². The maximum Gasteiger partial charge on any atom is 0.264 e. The summed E-state index contributed by atoms with van der Waals surface area (Å²) in [6, 6.07) is 13.9. The molecule has 138 valence electrons. The molecule has 0 bridgehead atoms. The van der Waals surface area contributed by atoms with Gasteiger partial charge in [-0.25, -0.2) is 8.42 Å². The van der Waals surface area contributed by atoms with Gasteiger partial charge in [0.05, 0.1) is 10.6 Å². The average molecular weight is 372 g/mol. The highest BCUT2D eigenvalue weighted by Crippen LogP contribution is 2.31. The molecule has 1 aliphatic rings. The van der Waals surface area contributed by atoms with Crippen LogP contribution in [0.2, 0.25) is 0 Å². The summed E-state index contributed by atoms with van der Waals surface area (Å²) >= 11 is 0. The van der Waals surface area contributed by atoms with E-state index in [2.05, 4.69) is 0 Å². The van der Waals surface area contributed by atoms with Gasteiger partial charge in [-0.15, -0.1) is 0 Å². The predicted molar refractivity (Wildman–Crippen MR) is 103 cm³/mol. The van der Waals surface area contributed by atoms with Crippen LogP contribution in [0, 0.1) is 0 Å². The fourth-order valence-electron chi connectivity index (χ4n) is 3.34. The number of benzene rings is 2. The number of fused-ring (bicyclic) bond motifs is 1. The minimum Gasteiger partial charge on any atom is -0.339 e. The summed E-state index contributed by atoms with van der Waals surface area (Å²) in [5, 5.41) is 0. The molecule has 2 aromatic carbocycles. The Morgan fingerprint density at radius 2 is 1.69 bits per heavy atom. The molecule has 0 aliphatic carbocycles. The van der Waals surface area contributed by atoms with E-state index in [-0.39, 0.29) is 10.8 Å². The fraction of sp³-hybridized carbons (Fsp3) is 0.350. The van der Waals surface area contributed by atoms with Gasteiger partial charge in [0.1, 0.15) is 0 Å². The van der Waals surface area contributed by atoms with Crippen molar-refractivity contribution < 1.29 is 13.2 Å². The number of carbonyl (C=O) groups excluding carboxylic acids is 1. The summed E-state index contributed by atoms with van der Waals surface area (Å²) in [5.74, 6) is -0.0812. The molecule has 0 unspecified atom stereocenters. The summed E-state index contributed by atoms with van der Waals surface area (Å²) in [4.78, 5) is 14.3. The third-order valence-electron chi connectivity index (χ3n) is 4.81. The summed E-state index contributed by atoms with van der Waals surface area (Å²) in [6.45, 7) is 5.57. The van der Waals surface area contributed by atoms with Crippen molar-refractivity contribution in [1.82, 2.24) is 4.90 Å². The van der Waals surface area contributed by atoms with Gasteiger partial charge >= 0.3 is 0 Å². The van der Waals surface area contributed by atoms with Crippen LogP contribution in [-0.2, 0) is 16.4 Å². The highest BCUT2D eigenvalue weighted by Gasteiger charge is 2.29. The van der Waals surface area contributed by atoms with Gasteiger partial charge in [-0.1, -0.05) is 18.2 Å². The van der Waals surface area contributed by atoms with Gasteiger partial charge in [0.25, 0.3) is 15.9 Å². The van der Waals surface area contributed by atoms with Gasteiger partial charge in [-0.3, -0.25) is 9.10 Å². The largest absolute Gasteiger partial charge is 0.339 e. The molecule has 0 fully saturated rings. The average Bonchev–Trinajstić information content (AvgIpc) is 2.68. The number of carbonyl (C=O) groups is 1. The van der Waals surface area contributed by atoms with Crippen LogP contribution in [0.3, 0.4) is 0 Å². The van der Waals surface area contributed by atoms with E-state index in [1.54, 1.807) is 17.0 Å². The second kappa shape index (κ2) is 7.50. The van der Waals surface area contributed by atoms with Crippen molar-refractivity contribution in [3.63, 3.8) is 0 Å². The molecular weight excluding hydrogens is 348 g/mol. The lowest BCUT2D eigenvalue weighted by molar-refractivity contribution is 0.0773. The second-order valence-electron chi connectivity index (χ2n) is 6.31. The van der Waals surface area contributed by atoms with E-state index >= 15 is 0 Å². The molecule has 26 heavy (non-hydrogen) atoms. The zero-order valence-corrected chi connectivity index (χ0v) is 16.0. The summed E-state index contributed by atoms with van der Waals surface area (Å²) in [5.41, 5.74) is 2.31. The molecule has 0 saturated heterocycles. The molecule has 0 radical (unpaired) electrons. The molecule has 6 heteroatoms. The number of aryl methyl sites for hydroxylation is 1. The molecule has 1 amide bonds. The maximum atomic E-state index is 13.1. The van der Waals surface area contributed by atoms with Crippen molar-refractivity contribution >= 4 is 21.6 Å².